The first-order chi connectivity index (χ1) is 8.63. The van der Waals surface area contributed by atoms with Crippen molar-refractivity contribution in [1.82, 2.24) is 0 Å². The summed E-state index contributed by atoms with van der Waals surface area (Å²) in [6.07, 6.45) is 0. The van der Waals surface area contributed by atoms with Crippen LogP contribution in [0.2, 0.25) is 0 Å². The van der Waals surface area contributed by atoms with Crippen molar-refractivity contribution < 1.29 is 13.9 Å². The molecule has 3 heteroatoms. The minimum absolute atomic E-state index is 0.232. The van der Waals surface area contributed by atoms with Gasteiger partial charge in [0.1, 0.15) is 11.6 Å². The molecule has 92 valence electrons. The molecule has 0 N–H and O–H groups in total. The van der Waals surface area contributed by atoms with Gasteiger partial charge < -0.3 is 4.74 Å². The lowest BCUT2D eigenvalue weighted by molar-refractivity contribution is 0.103. The molecule has 2 nitrogen and oxygen atoms in total. The second-order valence-corrected chi connectivity index (χ2v) is 3.99. The molecule has 0 unspecified atom stereocenters. The van der Waals surface area contributed by atoms with E-state index in [0.717, 1.165) is 5.56 Å². The van der Waals surface area contributed by atoms with E-state index < -0.39 is 5.82 Å². The number of aryl methyl sites for hydroxylation is 1. The first kappa shape index (κ1) is 12.3. The van der Waals surface area contributed by atoms with Crippen molar-refractivity contribution in [2.45, 2.75) is 6.92 Å². The Morgan fingerprint density at radius 3 is 2.50 bits per heavy atom. The maximum Gasteiger partial charge on any atom is 0.197 e. The predicted molar refractivity (Wildman–Crippen MR) is 67.6 cm³/mol. The summed E-state index contributed by atoms with van der Waals surface area (Å²) in [6, 6.07) is 11.1. The molecule has 18 heavy (non-hydrogen) atoms. The van der Waals surface area contributed by atoms with Gasteiger partial charge in [0, 0.05) is 5.56 Å². The van der Waals surface area contributed by atoms with Gasteiger partial charge in [-0.25, -0.2) is 4.39 Å². The number of methoxy groups -OCH3 is 1. The van der Waals surface area contributed by atoms with E-state index in [1.807, 2.05) is 19.1 Å². The van der Waals surface area contributed by atoms with Gasteiger partial charge in [0.05, 0.1) is 12.7 Å². The second-order valence-electron chi connectivity index (χ2n) is 3.99. The van der Waals surface area contributed by atoms with Gasteiger partial charge in [0.25, 0.3) is 0 Å². The molecule has 0 heterocycles. The summed E-state index contributed by atoms with van der Waals surface area (Å²) in [5.74, 6) is -0.304. The molecule has 0 saturated carbocycles. The van der Waals surface area contributed by atoms with Crippen molar-refractivity contribution in [1.29, 1.82) is 0 Å². The molecule has 0 fully saturated rings. The highest BCUT2D eigenvalue weighted by Crippen LogP contribution is 2.23. The monoisotopic (exact) mass is 244 g/mol. The molecule has 0 aliphatic rings. The first-order valence-electron chi connectivity index (χ1n) is 5.57. The molecular formula is C15H13FO2. The predicted octanol–water partition coefficient (Wildman–Crippen LogP) is 3.37. The van der Waals surface area contributed by atoms with E-state index in [1.54, 1.807) is 12.1 Å². The number of ether oxygens (including phenoxy) is 1. The molecule has 0 amide bonds. The summed E-state index contributed by atoms with van der Waals surface area (Å²) in [4.78, 5) is 12.4. The van der Waals surface area contributed by atoms with Gasteiger partial charge >= 0.3 is 0 Å². The molecule has 0 bridgehead atoms. The Kier molecular flexibility index (Phi) is 3.42. The van der Waals surface area contributed by atoms with Gasteiger partial charge in [0.2, 0.25) is 0 Å². The third-order valence-electron chi connectivity index (χ3n) is 2.80. The van der Waals surface area contributed by atoms with Crippen LogP contribution in [0.3, 0.4) is 0 Å². The third kappa shape index (κ3) is 2.25. The summed E-state index contributed by atoms with van der Waals surface area (Å²) in [7, 11) is 1.46. The molecule has 0 atom stereocenters. The van der Waals surface area contributed by atoms with E-state index in [9.17, 15) is 9.18 Å². The Balaban J connectivity index is 2.52. The van der Waals surface area contributed by atoms with Gasteiger partial charge in [-0.3, -0.25) is 4.79 Å². The molecule has 0 spiro atoms. The van der Waals surface area contributed by atoms with Crippen molar-refractivity contribution in [3.05, 3.63) is 65.0 Å². The summed E-state index contributed by atoms with van der Waals surface area (Å²) < 4.78 is 18.3. The largest absolute Gasteiger partial charge is 0.496 e. The van der Waals surface area contributed by atoms with Crippen LogP contribution in [0, 0.1) is 12.7 Å². The van der Waals surface area contributed by atoms with Crippen molar-refractivity contribution in [3.63, 3.8) is 0 Å². The van der Waals surface area contributed by atoms with Crippen molar-refractivity contribution in [2.24, 2.45) is 0 Å². The van der Waals surface area contributed by atoms with Crippen LogP contribution < -0.4 is 4.74 Å². The zero-order valence-electron chi connectivity index (χ0n) is 10.2. The Bertz CT molecular complexity index is 591. The van der Waals surface area contributed by atoms with E-state index in [-0.39, 0.29) is 11.3 Å². The van der Waals surface area contributed by atoms with Crippen molar-refractivity contribution in [2.75, 3.05) is 7.11 Å². The van der Waals surface area contributed by atoms with Gasteiger partial charge in [-0.1, -0.05) is 24.3 Å². The zero-order chi connectivity index (χ0) is 13.1. The van der Waals surface area contributed by atoms with E-state index in [0.29, 0.717) is 11.3 Å². The number of ketones is 1. The van der Waals surface area contributed by atoms with Crippen LogP contribution in [-0.4, -0.2) is 12.9 Å². The summed E-state index contributed by atoms with van der Waals surface area (Å²) in [6.45, 7) is 1.85. The number of carbonyl (C=O) groups is 1. The Labute approximate surface area is 105 Å². The Morgan fingerprint density at radius 1 is 1.11 bits per heavy atom. The van der Waals surface area contributed by atoms with Crippen LogP contribution in [-0.2, 0) is 0 Å². The van der Waals surface area contributed by atoms with Gasteiger partial charge in [-0.15, -0.1) is 0 Å². The SMILES string of the molecule is COc1ccc(F)cc1C(=O)c1ccccc1C. The van der Waals surface area contributed by atoms with E-state index in [4.69, 9.17) is 4.74 Å². The fourth-order valence-corrected chi connectivity index (χ4v) is 1.83. The number of carbonyl (C=O) groups excluding carboxylic acids is 1. The Morgan fingerprint density at radius 2 is 1.83 bits per heavy atom. The van der Waals surface area contributed by atoms with Gasteiger partial charge in [-0.05, 0) is 30.7 Å². The zero-order valence-corrected chi connectivity index (χ0v) is 10.2. The standard InChI is InChI=1S/C15H13FO2/c1-10-5-3-4-6-12(10)15(17)13-9-11(16)7-8-14(13)18-2/h3-9H,1-2H3. The molecule has 0 radical (unpaired) electrons. The first-order valence-corrected chi connectivity index (χ1v) is 5.57. The van der Waals surface area contributed by atoms with Crippen LogP contribution >= 0.6 is 0 Å². The second kappa shape index (κ2) is 5.00. The van der Waals surface area contributed by atoms with Gasteiger partial charge in [-0.2, -0.15) is 0 Å². The molecule has 2 aromatic rings. The van der Waals surface area contributed by atoms with E-state index >= 15 is 0 Å². The molecule has 0 saturated heterocycles. The number of benzene rings is 2. The van der Waals surface area contributed by atoms with Crippen LogP contribution in [0.5, 0.6) is 5.75 Å². The number of halogens is 1. The maximum absolute atomic E-state index is 13.3. The molecular weight excluding hydrogens is 231 g/mol. The normalized spacial score (nSPS) is 10.2. The van der Waals surface area contributed by atoms with Crippen LogP contribution in [0.15, 0.2) is 42.5 Å². The maximum atomic E-state index is 13.3. The lowest BCUT2D eigenvalue weighted by atomic mass is 9.98. The molecule has 0 aromatic heterocycles. The number of hydrogen-bond donors (Lipinski definition) is 0. The van der Waals surface area contributed by atoms with Crippen LogP contribution in [0.1, 0.15) is 21.5 Å². The third-order valence-corrected chi connectivity index (χ3v) is 2.80. The average Bonchev–Trinajstić information content (AvgIpc) is 2.38. The highest BCUT2D eigenvalue weighted by atomic mass is 19.1. The lowest BCUT2D eigenvalue weighted by Crippen LogP contribution is -2.06. The summed E-state index contributed by atoms with van der Waals surface area (Å²) in [5, 5.41) is 0. The Hall–Kier alpha value is -2.16. The summed E-state index contributed by atoms with van der Waals surface area (Å²) in [5.41, 5.74) is 1.65. The fraction of sp³-hybridized carbons (Fsp3) is 0.133. The number of hydrogen-bond acceptors (Lipinski definition) is 2. The lowest BCUT2D eigenvalue weighted by Gasteiger charge is -2.09. The number of rotatable bonds is 3. The smallest absolute Gasteiger partial charge is 0.197 e. The van der Waals surface area contributed by atoms with Crippen molar-refractivity contribution >= 4 is 5.78 Å². The fourth-order valence-electron chi connectivity index (χ4n) is 1.83. The van der Waals surface area contributed by atoms with Gasteiger partial charge in [0.15, 0.2) is 5.78 Å². The molecule has 2 rings (SSSR count). The molecule has 0 aliphatic heterocycles. The average molecular weight is 244 g/mol. The minimum atomic E-state index is -0.451. The molecule has 0 aliphatic carbocycles. The van der Waals surface area contributed by atoms with E-state index in [2.05, 4.69) is 0 Å². The highest BCUT2D eigenvalue weighted by Gasteiger charge is 2.16. The minimum Gasteiger partial charge on any atom is -0.496 e. The highest BCUT2D eigenvalue weighted by molar-refractivity contribution is 6.11. The topological polar surface area (TPSA) is 26.3 Å². The summed E-state index contributed by atoms with van der Waals surface area (Å²) >= 11 is 0. The van der Waals surface area contributed by atoms with Crippen molar-refractivity contribution in [3.8, 4) is 5.75 Å². The van der Waals surface area contributed by atoms with Crippen LogP contribution in [0.4, 0.5) is 4.39 Å². The van der Waals surface area contributed by atoms with Crippen LogP contribution in [0.25, 0.3) is 0 Å². The quantitative estimate of drug-likeness (QED) is 0.774. The van der Waals surface area contributed by atoms with E-state index in [1.165, 1.54) is 25.3 Å². The molecule has 2 aromatic carbocycles.